The van der Waals surface area contributed by atoms with Gasteiger partial charge in [0.2, 0.25) is 15.9 Å². The molecule has 0 radical (unpaired) electrons. The third kappa shape index (κ3) is 7.14. The first-order valence-electron chi connectivity index (χ1n) is 11.5. The van der Waals surface area contributed by atoms with E-state index in [0.717, 1.165) is 29.0 Å². The maximum Gasteiger partial charge on any atom is 0.225 e. The molecule has 8 heteroatoms. The summed E-state index contributed by atoms with van der Waals surface area (Å²) in [6.07, 6.45) is 10.3. The number of carbonyl (C=O) groups excluding carboxylic acids is 1. The molecule has 1 aromatic heterocycles. The monoisotopic (exact) mass is 469 g/mol. The van der Waals surface area contributed by atoms with Gasteiger partial charge < -0.3 is 10.1 Å². The Labute approximate surface area is 195 Å². The molecule has 7 nitrogen and oxygen atoms in total. The van der Waals surface area contributed by atoms with Gasteiger partial charge in [-0.25, -0.2) is 18.1 Å². The summed E-state index contributed by atoms with van der Waals surface area (Å²) < 4.78 is 33.6. The highest BCUT2D eigenvalue weighted by Crippen LogP contribution is 2.30. The van der Waals surface area contributed by atoms with Crippen molar-refractivity contribution in [2.45, 2.75) is 51.5 Å². The predicted molar refractivity (Wildman–Crippen MR) is 129 cm³/mol. The second kappa shape index (κ2) is 10.5. The van der Waals surface area contributed by atoms with Gasteiger partial charge in [0, 0.05) is 18.7 Å². The Bertz CT molecular complexity index is 1130. The predicted octanol–water partition coefficient (Wildman–Crippen LogP) is 3.92. The standard InChI is InChI=1S/C25H31N3O4S/c1-18(21-7-5-8-23(15-21)32-17-19-9-10-19)28-33(30,31)13-4-2-3-6-20-14-22-11-12-24(29)27-25(22)26-16-20/h2-3,5,7-8,14-16,18-19,28H,4,6,9-13,17H2,1H3,(H,26,27,29). The third-order valence-electron chi connectivity index (χ3n) is 5.87. The normalized spacial score (nSPS) is 16.9. The van der Waals surface area contributed by atoms with Gasteiger partial charge in [-0.3, -0.25) is 4.79 Å². The molecule has 1 amide bonds. The molecular formula is C25H31N3O4S. The Morgan fingerprint density at radius 1 is 1.24 bits per heavy atom. The summed E-state index contributed by atoms with van der Waals surface area (Å²) in [5, 5.41) is 2.77. The van der Waals surface area contributed by atoms with Crippen LogP contribution in [0.2, 0.25) is 0 Å². The third-order valence-corrected chi connectivity index (χ3v) is 7.36. The van der Waals surface area contributed by atoms with Crippen LogP contribution < -0.4 is 14.8 Å². The highest BCUT2D eigenvalue weighted by Gasteiger charge is 2.22. The van der Waals surface area contributed by atoms with Gasteiger partial charge in [0.15, 0.2) is 0 Å². The minimum absolute atomic E-state index is 0.00129. The molecule has 1 aliphatic carbocycles. The van der Waals surface area contributed by atoms with Crippen LogP contribution in [0.1, 0.15) is 55.3 Å². The molecule has 1 atom stereocenters. The van der Waals surface area contributed by atoms with Crippen LogP contribution >= 0.6 is 0 Å². The number of benzene rings is 1. The van der Waals surface area contributed by atoms with Crippen molar-refractivity contribution in [2.24, 2.45) is 5.92 Å². The summed E-state index contributed by atoms with van der Waals surface area (Å²) in [5.41, 5.74) is 2.97. The lowest BCUT2D eigenvalue weighted by molar-refractivity contribution is -0.116. The number of amides is 1. The number of sulfonamides is 1. The van der Waals surface area contributed by atoms with Crippen molar-refractivity contribution < 1.29 is 17.9 Å². The van der Waals surface area contributed by atoms with Gasteiger partial charge in [0.25, 0.3) is 0 Å². The fraction of sp³-hybridized carbons (Fsp3) is 0.440. The number of hydrogen-bond donors (Lipinski definition) is 2. The van der Waals surface area contributed by atoms with E-state index in [1.807, 2.05) is 43.3 Å². The molecule has 0 saturated heterocycles. The number of nitrogens with zero attached hydrogens (tertiary/aromatic N) is 1. The van der Waals surface area contributed by atoms with Gasteiger partial charge in [0.05, 0.1) is 12.4 Å². The number of allylic oxidation sites excluding steroid dienone is 2. The Hall–Kier alpha value is -2.71. The van der Waals surface area contributed by atoms with Crippen molar-refractivity contribution in [3.63, 3.8) is 0 Å². The molecule has 1 saturated carbocycles. The quantitative estimate of drug-likeness (QED) is 0.486. The van der Waals surface area contributed by atoms with E-state index in [0.29, 0.717) is 37.4 Å². The zero-order chi connectivity index (χ0) is 23.3. The molecule has 4 rings (SSSR count). The van der Waals surface area contributed by atoms with E-state index in [1.54, 1.807) is 6.20 Å². The van der Waals surface area contributed by atoms with E-state index in [9.17, 15) is 13.2 Å². The van der Waals surface area contributed by atoms with Crippen LogP contribution in [-0.4, -0.2) is 31.7 Å². The maximum atomic E-state index is 12.5. The Kier molecular flexibility index (Phi) is 7.45. The SMILES string of the molecule is CC(NS(=O)(=O)CCC=CCc1cnc2c(c1)CCC(=O)N2)c1cccc(OCC2CC2)c1. The second-order valence-corrected chi connectivity index (χ2v) is 10.7. The number of aromatic nitrogens is 1. The molecular weight excluding hydrogens is 438 g/mol. The molecule has 0 bridgehead atoms. The van der Waals surface area contributed by atoms with Crippen molar-refractivity contribution in [3.05, 3.63) is 65.4 Å². The van der Waals surface area contributed by atoms with Crippen LogP contribution in [0.25, 0.3) is 0 Å². The fourth-order valence-corrected chi connectivity index (χ4v) is 4.99. The lowest BCUT2D eigenvalue weighted by Crippen LogP contribution is -2.29. The van der Waals surface area contributed by atoms with Crippen LogP contribution in [-0.2, 0) is 27.7 Å². The van der Waals surface area contributed by atoms with Crippen LogP contribution in [0.4, 0.5) is 5.82 Å². The largest absolute Gasteiger partial charge is 0.493 e. The number of rotatable bonds is 11. The molecule has 2 aromatic rings. The minimum atomic E-state index is -3.41. The Morgan fingerprint density at radius 3 is 2.91 bits per heavy atom. The first kappa shape index (κ1) is 23.4. The summed E-state index contributed by atoms with van der Waals surface area (Å²) in [7, 11) is -3.41. The van der Waals surface area contributed by atoms with E-state index >= 15 is 0 Å². The molecule has 0 spiro atoms. The first-order valence-corrected chi connectivity index (χ1v) is 13.2. The number of fused-ring (bicyclic) bond motifs is 1. The van der Waals surface area contributed by atoms with Crippen molar-refractivity contribution >= 4 is 21.7 Å². The molecule has 1 aliphatic heterocycles. The summed E-state index contributed by atoms with van der Waals surface area (Å²) in [4.78, 5) is 15.7. The lowest BCUT2D eigenvalue weighted by Gasteiger charge is -2.16. The van der Waals surface area contributed by atoms with Crippen LogP contribution in [0.5, 0.6) is 5.75 Å². The van der Waals surface area contributed by atoms with E-state index in [1.165, 1.54) is 12.8 Å². The van der Waals surface area contributed by atoms with Gasteiger partial charge in [-0.1, -0.05) is 30.4 Å². The average Bonchev–Trinajstić information content (AvgIpc) is 3.62. The smallest absolute Gasteiger partial charge is 0.225 e. The summed E-state index contributed by atoms with van der Waals surface area (Å²) in [6, 6.07) is 9.35. The van der Waals surface area contributed by atoms with Crippen molar-refractivity contribution in [2.75, 3.05) is 17.7 Å². The van der Waals surface area contributed by atoms with Crippen LogP contribution in [0.3, 0.4) is 0 Å². The topological polar surface area (TPSA) is 97.4 Å². The van der Waals surface area contributed by atoms with E-state index in [2.05, 4.69) is 21.1 Å². The zero-order valence-corrected chi connectivity index (χ0v) is 19.7. The van der Waals surface area contributed by atoms with Gasteiger partial charge in [0.1, 0.15) is 11.6 Å². The fourth-order valence-electron chi connectivity index (χ4n) is 3.75. The molecule has 2 N–H and O–H groups in total. The highest BCUT2D eigenvalue weighted by atomic mass is 32.2. The molecule has 33 heavy (non-hydrogen) atoms. The number of pyridine rings is 1. The van der Waals surface area contributed by atoms with E-state index < -0.39 is 10.0 Å². The van der Waals surface area contributed by atoms with E-state index in [-0.39, 0.29) is 17.7 Å². The molecule has 1 fully saturated rings. The lowest BCUT2D eigenvalue weighted by atomic mass is 10.0. The summed E-state index contributed by atoms with van der Waals surface area (Å²) in [6.45, 7) is 2.58. The minimum Gasteiger partial charge on any atom is -0.493 e. The van der Waals surface area contributed by atoms with Gasteiger partial charge in [-0.05, 0) is 73.8 Å². The zero-order valence-electron chi connectivity index (χ0n) is 18.9. The van der Waals surface area contributed by atoms with Crippen LogP contribution in [0, 0.1) is 5.92 Å². The number of hydrogen-bond acceptors (Lipinski definition) is 5. The number of nitrogens with one attached hydrogen (secondary N) is 2. The van der Waals surface area contributed by atoms with Crippen LogP contribution in [0.15, 0.2) is 48.7 Å². The molecule has 176 valence electrons. The second-order valence-electron chi connectivity index (χ2n) is 8.85. The van der Waals surface area contributed by atoms with Crippen molar-refractivity contribution in [1.29, 1.82) is 0 Å². The van der Waals surface area contributed by atoms with Gasteiger partial charge >= 0.3 is 0 Å². The Morgan fingerprint density at radius 2 is 2.09 bits per heavy atom. The molecule has 1 unspecified atom stereocenters. The number of ether oxygens (including phenoxy) is 1. The summed E-state index contributed by atoms with van der Waals surface area (Å²) in [5.74, 6) is 2.13. The molecule has 1 aromatic carbocycles. The summed E-state index contributed by atoms with van der Waals surface area (Å²) >= 11 is 0. The van der Waals surface area contributed by atoms with Gasteiger partial charge in [-0.15, -0.1) is 0 Å². The van der Waals surface area contributed by atoms with E-state index in [4.69, 9.17) is 4.74 Å². The number of aryl methyl sites for hydroxylation is 1. The maximum absolute atomic E-state index is 12.5. The number of carbonyl (C=O) groups is 1. The Balaban J connectivity index is 1.23. The van der Waals surface area contributed by atoms with Crippen molar-refractivity contribution in [1.82, 2.24) is 9.71 Å². The number of anilines is 1. The highest BCUT2D eigenvalue weighted by molar-refractivity contribution is 7.89. The molecule has 2 heterocycles. The molecule has 2 aliphatic rings. The first-order chi connectivity index (χ1) is 15.9. The van der Waals surface area contributed by atoms with Crippen molar-refractivity contribution in [3.8, 4) is 5.75 Å². The average molecular weight is 470 g/mol. The van der Waals surface area contributed by atoms with Gasteiger partial charge in [-0.2, -0.15) is 0 Å².